The lowest BCUT2D eigenvalue weighted by molar-refractivity contribution is 0.303. The highest BCUT2D eigenvalue weighted by Crippen LogP contribution is 2.34. The Morgan fingerprint density at radius 3 is 2.75 bits per heavy atom. The van der Waals surface area contributed by atoms with Gasteiger partial charge in [-0.3, -0.25) is 0 Å². The lowest BCUT2D eigenvalue weighted by Gasteiger charge is -2.13. The molecule has 3 nitrogen and oxygen atoms in total. The summed E-state index contributed by atoms with van der Waals surface area (Å²) in [7, 11) is 0. The number of rotatable bonds is 8. The van der Waals surface area contributed by atoms with Gasteiger partial charge >= 0.3 is 0 Å². The summed E-state index contributed by atoms with van der Waals surface area (Å²) in [4.78, 5) is 0. The number of ether oxygens (including phenoxy) is 1. The molecule has 2 aromatic carbocycles. The molecule has 2 aromatic rings. The second-order valence-electron chi connectivity index (χ2n) is 6.52. The van der Waals surface area contributed by atoms with Crippen molar-refractivity contribution in [3.05, 3.63) is 59.2 Å². The fourth-order valence-electron chi connectivity index (χ4n) is 3.33. The Kier molecular flexibility index (Phi) is 5.76. The molecular formula is C21H27NO2. The van der Waals surface area contributed by atoms with E-state index in [4.69, 9.17) is 4.74 Å². The highest BCUT2D eigenvalue weighted by Gasteiger charge is 2.24. The van der Waals surface area contributed by atoms with Crippen LogP contribution in [0.4, 0.5) is 0 Å². The summed E-state index contributed by atoms with van der Waals surface area (Å²) >= 11 is 0. The van der Waals surface area contributed by atoms with E-state index in [1.807, 2.05) is 12.1 Å². The SMILES string of the molecule is CCCCCOc1cccc2c1CNC2CCc1ccc(O)cc1. The number of unbranched alkanes of at least 4 members (excludes halogenated alkanes) is 2. The van der Waals surface area contributed by atoms with Crippen LogP contribution in [0.2, 0.25) is 0 Å². The maximum atomic E-state index is 9.38. The molecule has 0 fully saturated rings. The van der Waals surface area contributed by atoms with E-state index < -0.39 is 0 Å². The smallest absolute Gasteiger partial charge is 0.124 e. The van der Waals surface area contributed by atoms with Crippen molar-refractivity contribution in [2.75, 3.05) is 6.61 Å². The summed E-state index contributed by atoms with van der Waals surface area (Å²) in [6.45, 7) is 3.91. The molecule has 0 radical (unpaired) electrons. The summed E-state index contributed by atoms with van der Waals surface area (Å²) in [6.07, 6.45) is 5.62. The largest absolute Gasteiger partial charge is 0.508 e. The van der Waals surface area contributed by atoms with Crippen molar-refractivity contribution in [2.45, 2.75) is 51.6 Å². The molecule has 0 bridgehead atoms. The summed E-state index contributed by atoms with van der Waals surface area (Å²) in [6, 6.07) is 14.3. The summed E-state index contributed by atoms with van der Waals surface area (Å²) < 4.78 is 6.01. The minimum Gasteiger partial charge on any atom is -0.508 e. The molecule has 1 atom stereocenters. The van der Waals surface area contributed by atoms with Crippen molar-refractivity contribution in [1.82, 2.24) is 5.32 Å². The number of benzene rings is 2. The van der Waals surface area contributed by atoms with Gasteiger partial charge in [0, 0.05) is 18.2 Å². The molecule has 1 aliphatic rings. The average molecular weight is 325 g/mol. The normalized spacial score (nSPS) is 16.1. The molecule has 0 spiro atoms. The third-order valence-electron chi connectivity index (χ3n) is 4.73. The summed E-state index contributed by atoms with van der Waals surface area (Å²) in [5, 5.41) is 13.0. The van der Waals surface area contributed by atoms with Gasteiger partial charge in [0.1, 0.15) is 11.5 Å². The number of phenols is 1. The molecular weight excluding hydrogens is 298 g/mol. The van der Waals surface area contributed by atoms with Gasteiger partial charge < -0.3 is 15.2 Å². The Labute approximate surface area is 144 Å². The molecule has 3 heteroatoms. The van der Waals surface area contributed by atoms with Crippen LogP contribution in [0.5, 0.6) is 11.5 Å². The Hall–Kier alpha value is -2.00. The van der Waals surface area contributed by atoms with Crippen LogP contribution in [-0.2, 0) is 13.0 Å². The van der Waals surface area contributed by atoms with Gasteiger partial charge in [-0.1, -0.05) is 44.0 Å². The topological polar surface area (TPSA) is 41.5 Å². The summed E-state index contributed by atoms with van der Waals surface area (Å²) in [5.74, 6) is 1.37. The van der Waals surface area contributed by atoms with Crippen LogP contribution in [0, 0.1) is 0 Å². The number of fused-ring (bicyclic) bond motifs is 1. The maximum absolute atomic E-state index is 9.38. The van der Waals surface area contributed by atoms with Gasteiger partial charge in [0.2, 0.25) is 0 Å². The average Bonchev–Trinajstić information content (AvgIpc) is 3.02. The number of aromatic hydroxyl groups is 1. The van der Waals surface area contributed by atoms with E-state index in [9.17, 15) is 5.11 Å². The fourth-order valence-corrected chi connectivity index (χ4v) is 3.33. The van der Waals surface area contributed by atoms with Crippen LogP contribution in [0.1, 0.15) is 55.3 Å². The van der Waals surface area contributed by atoms with Crippen LogP contribution in [-0.4, -0.2) is 11.7 Å². The zero-order chi connectivity index (χ0) is 16.8. The number of hydrogen-bond donors (Lipinski definition) is 2. The van der Waals surface area contributed by atoms with E-state index >= 15 is 0 Å². The summed E-state index contributed by atoms with van der Waals surface area (Å²) in [5.41, 5.74) is 3.96. The lowest BCUT2D eigenvalue weighted by atomic mass is 9.98. The van der Waals surface area contributed by atoms with Crippen molar-refractivity contribution in [1.29, 1.82) is 0 Å². The molecule has 0 saturated heterocycles. The second kappa shape index (κ2) is 8.20. The van der Waals surface area contributed by atoms with Gasteiger partial charge in [-0.05, 0) is 48.6 Å². The van der Waals surface area contributed by atoms with Crippen LogP contribution in [0.15, 0.2) is 42.5 Å². The van der Waals surface area contributed by atoms with Crippen LogP contribution >= 0.6 is 0 Å². The van der Waals surface area contributed by atoms with Crippen molar-refractivity contribution in [3.63, 3.8) is 0 Å². The van der Waals surface area contributed by atoms with Crippen molar-refractivity contribution >= 4 is 0 Å². The first-order valence-corrected chi connectivity index (χ1v) is 9.04. The first kappa shape index (κ1) is 16.8. The Morgan fingerprint density at radius 2 is 1.96 bits per heavy atom. The predicted molar refractivity (Wildman–Crippen MR) is 97.5 cm³/mol. The molecule has 128 valence electrons. The zero-order valence-electron chi connectivity index (χ0n) is 14.4. The van der Waals surface area contributed by atoms with Gasteiger partial charge in [0.25, 0.3) is 0 Å². The molecule has 1 heterocycles. The molecule has 24 heavy (non-hydrogen) atoms. The van der Waals surface area contributed by atoms with Crippen LogP contribution in [0.3, 0.4) is 0 Å². The van der Waals surface area contributed by atoms with Crippen molar-refractivity contribution < 1.29 is 9.84 Å². The molecule has 2 N–H and O–H groups in total. The van der Waals surface area contributed by atoms with E-state index in [-0.39, 0.29) is 0 Å². The van der Waals surface area contributed by atoms with E-state index in [0.717, 1.165) is 38.2 Å². The number of nitrogens with one attached hydrogen (secondary N) is 1. The fraction of sp³-hybridized carbons (Fsp3) is 0.429. The lowest BCUT2D eigenvalue weighted by Crippen LogP contribution is -2.12. The Balaban J connectivity index is 1.60. The van der Waals surface area contributed by atoms with E-state index in [0.29, 0.717) is 11.8 Å². The van der Waals surface area contributed by atoms with E-state index in [2.05, 4.69) is 30.4 Å². The maximum Gasteiger partial charge on any atom is 0.124 e. The predicted octanol–water partition coefficient (Wildman–Crippen LogP) is 4.74. The highest BCUT2D eigenvalue weighted by atomic mass is 16.5. The number of hydrogen-bond acceptors (Lipinski definition) is 3. The molecule has 0 aliphatic carbocycles. The standard InChI is InChI=1S/C21H27NO2/c1-2-3-4-14-24-21-7-5-6-18-19(21)15-22-20(18)13-10-16-8-11-17(23)12-9-16/h5-9,11-12,20,22-23H,2-4,10,13-15H2,1H3. The Bertz CT molecular complexity index is 651. The molecule has 3 rings (SSSR count). The van der Waals surface area contributed by atoms with Crippen LogP contribution in [0.25, 0.3) is 0 Å². The molecule has 0 aromatic heterocycles. The zero-order valence-corrected chi connectivity index (χ0v) is 14.4. The molecule has 1 aliphatic heterocycles. The Morgan fingerprint density at radius 1 is 1.12 bits per heavy atom. The quantitative estimate of drug-likeness (QED) is 0.689. The van der Waals surface area contributed by atoms with Crippen molar-refractivity contribution in [2.24, 2.45) is 0 Å². The minimum absolute atomic E-state index is 0.327. The van der Waals surface area contributed by atoms with Gasteiger partial charge in [0.15, 0.2) is 0 Å². The van der Waals surface area contributed by atoms with Crippen LogP contribution < -0.4 is 10.1 Å². The molecule has 1 unspecified atom stereocenters. The monoisotopic (exact) mass is 325 g/mol. The van der Waals surface area contributed by atoms with Gasteiger partial charge in [-0.15, -0.1) is 0 Å². The third-order valence-corrected chi connectivity index (χ3v) is 4.73. The number of aryl methyl sites for hydroxylation is 1. The molecule has 0 saturated carbocycles. The first-order valence-electron chi connectivity index (χ1n) is 9.04. The van der Waals surface area contributed by atoms with E-state index in [1.165, 1.54) is 29.5 Å². The minimum atomic E-state index is 0.327. The number of phenolic OH excluding ortho intramolecular Hbond substituents is 1. The highest BCUT2D eigenvalue weighted by molar-refractivity contribution is 5.44. The van der Waals surface area contributed by atoms with Gasteiger partial charge in [0.05, 0.1) is 6.61 Å². The molecule has 0 amide bonds. The van der Waals surface area contributed by atoms with Gasteiger partial charge in [-0.25, -0.2) is 0 Å². The van der Waals surface area contributed by atoms with Gasteiger partial charge in [-0.2, -0.15) is 0 Å². The second-order valence-corrected chi connectivity index (χ2v) is 6.52. The van der Waals surface area contributed by atoms with Crippen molar-refractivity contribution in [3.8, 4) is 11.5 Å². The first-order chi connectivity index (χ1) is 11.8. The van der Waals surface area contributed by atoms with E-state index in [1.54, 1.807) is 12.1 Å². The third kappa shape index (κ3) is 4.09.